The minimum Gasteiger partial charge on any atom is -0.464 e. The summed E-state index contributed by atoms with van der Waals surface area (Å²) in [6.07, 6.45) is 0.556. The second-order valence-corrected chi connectivity index (χ2v) is 11.0. The third-order valence-electron chi connectivity index (χ3n) is 3.79. The Morgan fingerprint density at radius 2 is 1.94 bits per heavy atom. The van der Waals surface area contributed by atoms with Crippen LogP contribution in [0.2, 0.25) is 18.1 Å². The lowest BCUT2D eigenvalue weighted by Crippen LogP contribution is -2.50. The van der Waals surface area contributed by atoms with Crippen molar-refractivity contribution < 1.29 is 14.0 Å². The Kier molecular flexibility index (Phi) is 3.85. The molecule has 0 aliphatic carbocycles. The Hall–Kier alpha value is -0.353. The van der Waals surface area contributed by atoms with Crippen molar-refractivity contribution in [3.8, 4) is 0 Å². The summed E-state index contributed by atoms with van der Waals surface area (Å²) in [6, 6.07) is 0. The van der Waals surface area contributed by atoms with Gasteiger partial charge in [-0.25, -0.2) is 4.79 Å². The molecule has 0 N–H and O–H groups in total. The Bertz CT molecular complexity index is 268. The SMILES string of the molecule is C[C@@H]1CCOC(=O)[C@H]1O[Si](C)(C)C(C)(C)C. The number of cyclic esters (lactones) is 1. The molecule has 0 aromatic carbocycles. The Morgan fingerprint density at radius 1 is 1.38 bits per heavy atom. The summed E-state index contributed by atoms with van der Waals surface area (Å²) in [4.78, 5) is 11.7. The van der Waals surface area contributed by atoms with Gasteiger partial charge >= 0.3 is 5.97 Å². The highest BCUT2D eigenvalue weighted by Crippen LogP contribution is 2.38. The summed E-state index contributed by atoms with van der Waals surface area (Å²) in [5.74, 6) is 0.0962. The zero-order chi connectivity index (χ0) is 12.6. The largest absolute Gasteiger partial charge is 0.464 e. The van der Waals surface area contributed by atoms with Crippen LogP contribution in [0.15, 0.2) is 0 Å². The molecule has 94 valence electrons. The minimum absolute atomic E-state index is 0.129. The van der Waals surface area contributed by atoms with Crippen LogP contribution >= 0.6 is 0 Å². The average Bonchev–Trinajstić information content (AvgIpc) is 2.10. The van der Waals surface area contributed by atoms with Crippen molar-refractivity contribution in [2.24, 2.45) is 5.92 Å². The predicted molar refractivity (Wildman–Crippen MR) is 66.8 cm³/mol. The van der Waals surface area contributed by atoms with Gasteiger partial charge in [0.2, 0.25) is 0 Å². The molecule has 0 aromatic rings. The maximum atomic E-state index is 11.7. The summed E-state index contributed by atoms with van der Waals surface area (Å²) in [6.45, 7) is 13.5. The van der Waals surface area contributed by atoms with Gasteiger partial charge in [0.25, 0.3) is 0 Å². The lowest BCUT2D eigenvalue weighted by atomic mass is 10.00. The lowest BCUT2D eigenvalue weighted by Gasteiger charge is -2.41. The number of carbonyl (C=O) groups is 1. The lowest BCUT2D eigenvalue weighted by molar-refractivity contribution is -0.161. The number of rotatable bonds is 2. The predicted octanol–water partition coefficient (Wildman–Crippen LogP) is 2.96. The minimum atomic E-state index is -1.88. The van der Waals surface area contributed by atoms with Crippen LogP contribution in [0.5, 0.6) is 0 Å². The normalized spacial score (nSPS) is 27.8. The van der Waals surface area contributed by atoms with Crippen molar-refractivity contribution in [1.29, 1.82) is 0 Å². The van der Waals surface area contributed by atoms with Crippen molar-refractivity contribution >= 4 is 14.3 Å². The highest BCUT2D eigenvalue weighted by molar-refractivity contribution is 6.74. The summed E-state index contributed by atoms with van der Waals surface area (Å²) in [5.41, 5.74) is 0. The fourth-order valence-corrected chi connectivity index (χ4v) is 2.79. The highest BCUT2D eigenvalue weighted by atomic mass is 28.4. The quantitative estimate of drug-likeness (QED) is 0.553. The van der Waals surface area contributed by atoms with Gasteiger partial charge in [-0.1, -0.05) is 27.7 Å². The van der Waals surface area contributed by atoms with E-state index in [0.717, 1.165) is 6.42 Å². The van der Waals surface area contributed by atoms with Crippen molar-refractivity contribution in [3.63, 3.8) is 0 Å². The number of ether oxygens (including phenoxy) is 1. The smallest absolute Gasteiger partial charge is 0.334 e. The molecular formula is C12H24O3Si. The molecule has 16 heavy (non-hydrogen) atoms. The first-order chi connectivity index (χ1) is 7.15. The zero-order valence-corrected chi connectivity index (χ0v) is 12.3. The second kappa shape index (κ2) is 4.49. The molecule has 2 atom stereocenters. The molecule has 1 fully saturated rings. The van der Waals surface area contributed by atoms with E-state index < -0.39 is 8.32 Å². The first-order valence-electron chi connectivity index (χ1n) is 5.99. The molecule has 3 nitrogen and oxygen atoms in total. The Labute approximate surface area is 99.6 Å². The summed E-state index contributed by atoms with van der Waals surface area (Å²) >= 11 is 0. The number of hydrogen-bond acceptors (Lipinski definition) is 3. The van der Waals surface area contributed by atoms with Gasteiger partial charge in [0.1, 0.15) is 6.10 Å². The van der Waals surface area contributed by atoms with Gasteiger partial charge in [0.15, 0.2) is 8.32 Å². The van der Waals surface area contributed by atoms with E-state index in [-0.39, 0.29) is 23.0 Å². The van der Waals surface area contributed by atoms with Crippen LogP contribution < -0.4 is 0 Å². The molecule has 0 amide bonds. The van der Waals surface area contributed by atoms with Crippen molar-refractivity contribution in [1.82, 2.24) is 0 Å². The van der Waals surface area contributed by atoms with Crippen LogP contribution in [0.25, 0.3) is 0 Å². The van der Waals surface area contributed by atoms with Gasteiger partial charge in [-0.15, -0.1) is 0 Å². The summed E-state index contributed by atoms with van der Waals surface area (Å²) < 4.78 is 11.2. The fourth-order valence-electron chi connectivity index (χ4n) is 1.47. The standard InChI is InChI=1S/C12H24O3Si/c1-9-7-8-14-11(13)10(9)15-16(5,6)12(2,3)4/h9-10H,7-8H2,1-6H3/t9-,10+/m1/s1. The number of carbonyl (C=O) groups excluding carboxylic acids is 1. The molecule has 4 heteroatoms. The van der Waals surface area contributed by atoms with E-state index in [4.69, 9.17) is 9.16 Å². The summed E-state index contributed by atoms with van der Waals surface area (Å²) in [7, 11) is -1.88. The molecule has 0 saturated carbocycles. The molecule has 1 aliphatic heterocycles. The van der Waals surface area contributed by atoms with E-state index in [1.54, 1.807) is 0 Å². The van der Waals surface area contributed by atoms with Crippen LogP contribution in [-0.2, 0) is 14.0 Å². The molecule has 0 bridgehead atoms. The molecule has 0 unspecified atom stereocenters. The second-order valence-electron chi connectivity index (χ2n) is 6.23. The van der Waals surface area contributed by atoms with Crippen LogP contribution in [0.1, 0.15) is 34.1 Å². The van der Waals surface area contributed by atoms with Gasteiger partial charge in [0, 0.05) is 0 Å². The Morgan fingerprint density at radius 3 is 2.38 bits per heavy atom. The van der Waals surface area contributed by atoms with Crippen LogP contribution in [-0.4, -0.2) is 27.0 Å². The number of esters is 1. The summed E-state index contributed by atoms with van der Waals surface area (Å²) in [5, 5.41) is 0.129. The van der Waals surface area contributed by atoms with Gasteiger partial charge in [0.05, 0.1) is 6.61 Å². The average molecular weight is 244 g/mol. The third-order valence-corrected chi connectivity index (χ3v) is 8.25. The molecule has 0 aromatic heterocycles. The van der Waals surface area contributed by atoms with E-state index >= 15 is 0 Å². The van der Waals surface area contributed by atoms with Gasteiger partial charge < -0.3 is 9.16 Å². The van der Waals surface area contributed by atoms with E-state index in [9.17, 15) is 4.79 Å². The molecule has 1 rings (SSSR count). The topological polar surface area (TPSA) is 35.5 Å². The van der Waals surface area contributed by atoms with Crippen LogP contribution in [0.4, 0.5) is 0 Å². The molecule has 0 spiro atoms. The molecule has 1 aliphatic rings. The monoisotopic (exact) mass is 244 g/mol. The first-order valence-corrected chi connectivity index (χ1v) is 8.90. The molecule has 0 radical (unpaired) electrons. The van der Waals surface area contributed by atoms with E-state index in [0.29, 0.717) is 6.61 Å². The molecule has 1 saturated heterocycles. The maximum absolute atomic E-state index is 11.7. The maximum Gasteiger partial charge on any atom is 0.334 e. The number of hydrogen-bond donors (Lipinski definition) is 0. The van der Waals surface area contributed by atoms with Gasteiger partial charge in [-0.3, -0.25) is 0 Å². The fraction of sp³-hybridized carbons (Fsp3) is 0.917. The third kappa shape index (κ3) is 2.86. The van der Waals surface area contributed by atoms with Crippen molar-refractivity contribution in [2.45, 2.75) is 58.4 Å². The van der Waals surface area contributed by atoms with Crippen molar-refractivity contribution in [3.05, 3.63) is 0 Å². The van der Waals surface area contributed by atoms with E-state index in [2.05, 4.69) is 40.8 Å². The first kappa shape index (κ1) is 13.7. The van der Waals surface area contributed by atoms with E-state index in [1.807, 2.05) is 0 Å². The Balaban J connectivity index is 2.75. The highest BCUT2D eigenvalue weighted by Gasteiger charge is 2.43. The van der Waals surface area contributed by atoms with Crippen LogP contribution in [0.3, 0.4) is 0 Å². The van der Waals surface area contributed by atoms with Gasteiger partial charge in [-0.05, 0) is 30.5 Å². The van der Waals surface area contributed by atoms with Crippen molar-refractivity contribution in [2.75, 3.05) is 6.61 Å². The molecular weight excluding hydrogens is 220 g/mol. The zero-order valence-electron chi connectivity index (χ0n) is 11.3. The molecule has 1 heterocycles. The van der Waals surface area contributed by atoms with Gasteiger partial charge in [-0.2, -0.15) is 0 Å². The van der Waals surface area contributed by atoms with E-state index in [1.165, 1.54) is 0 Å². The van der Waals surface area contributed by atoms with Crippen LogP contribution in [0, 0.1) is 5.92 Å².